The van der Waals surface area contributed by atoms with Crippen LogP contribution in [-0.4, -0.2) is 63.8 Å². The van der Waals surface area contributed by atoms with Crippen LogP contribution in [0.3, 0.4) is 0 Å². The number of nitro benzene ring substituents is 2. The second-order valence-corrected chi connectivity index (χ2v) is 10.1. The van der Waals surface area contributed by atoms with E-state index in [1.165, 1.54) is 18.9 Å². The zero-order chi connectivity index (χ0) is 30.2. The van der Waals surface area contributed by atoms with E-state index in [1.54, 1.807) is 31.3 Å². The van der Waals surface area contributed by atoms with E-state index in [2.05, 4.69) is 30.3 Å². The van der Waals surface area contributed by atoms with Gasteiger partial charge in [0.05, 0.1) is 28.7 Å². The molecular weight excluding hydrogens is 558 g/mol. The lowest BCUT2D eigenvalue weighted by molar-refractivity contribution is -0.394. The summed E-state index contributed by atoms with van der Waals surface area (Å²) in [5, 5.41) is 27.0. The topological polar surface area (TPSA) is 174 Å². The summed E-state index contributed by atoms with van der Waals surface area (Å²) in [7, 11) is 0. The van der Waals surface area contributed by atoms with Gasteiger partial charge in [0.1, 0.15) is 0 Å². The lowest BCUT2D eigenvalue weighted by Crippen LogP contribution is -2.34. The van der Waals surface area contributed by atoms with Gasteiger partial charge in [-0.3, -0.25) is 20.2 Å². The summed E-state index contributed by atoms with van der Waals surface area (Å²) in [5.41, 5.74) is 2.66. The molecule has 3 aromatic rings. The highest BCUT2D eigenvalue weighted by Crippen LogP contribution is 2.38. The van der Waals surface area contributed by atoms with E-state index in [4.69, 9.17) is 14.5 Å². The molecule has 0 radical (unpaired) electrons. The Labute approximate surface area is 247 Å². The summed E-state index contributed by atoms with van der Waals surface area (Å²) >= 11 is 0. The zero-order valence-electron chi connectivity index (χ0n) is 23.8. The second kappa shape index (κ2) is 13.7. The van der Waals surface area contributed by atoms with Crippen LogP contribution in [0.2, 0.25) is 0 Å². The molecule has 0 saturated carbocycles. The summed E-state index contributed by atoms with van der Waals surface area (Å²) in [6.07, 6.45) is 8.39. The minimum absolute atomic E-state index is 0.150. The smallest absolute Gasteiger partial charge is 0.318 e. The van der Waals surface area contributed by atoms with Crippen molar-refractivity contribution in [1.82, 2.24) is 15.0 Å². The molecule has 15 heteroatoms. The first-order chi connectivity index (χ1) is 20.9. The van der Waals surface area contributed by atoms with Gasteiger partial charge in [-0.15, -0.1) is 0 Å². The number of non-ortho nitro benzene ring substituents is 1. The van der Waals surface area contributed by atoms with Crippen LogP contribution in [0.15, 0.2) is 41.5 Å². The van der Waals surface area contributed by atoms with E-state index in [-0.39, 0.29) is 11.5 Å². The van der Waals surface area contributed by atoms with Crippen molar-refractivity contribution in [2.75, 3.05) is 48.0 Å². The van der Waals surface area contributed by atoms with Gasteiger partial charge in [-0.1, -0.05) is 0 Å². The first-order valence-electron chi connectivity index (χ1n) is 14.3. The Morgan fingerprint density at radius 1 is 0.837 bits per heavy atom. The van der Waals surface area contributed by atoms with Gasteiger partial charge in [0.2, 0.25) is 23.6 Å². The number of anilines is 3. The number of nitrogens with zero attached hydrogens (tertiary/aromatic N) is 8. The van der Waals surface area contributed by atoms with Gasteiger partial charge in [-0.05, 0) is 75.3 Å². The van der Waals surface area contributed by atoms with Crippen molar-refractivity contribution < 1.29 is 19.3 Å². The van der Waals surface area contributed by atoms with Crippen LogP contribution in [0.1, 0.15) is 51.0 Å². The number of hydrogen-bond acceptors (Lipinski definition) is 13. The third-order valence-electron chi connectivity index (χ3n) is 7.11. The Bertz CT molecular complexity index is 1450. The van der Waals surface area contributed by atoms with Gasteiger partial charge in [-0.25, -0.2) is 5.43 Å². The van der Waals surface area contributed by atoms with Gasteiger partial charge in [-0.2, -0.15) is 20.1 Å². The number of nitro groups is 2. The predicted molar refractivity (Wildman–Crippen MR) is 161 cm³/mol. The minimum atomic E-state index is -0.732. The third kappa shape index (κ3) is 7.42. The Morgan fingerprint density at radius 3 is 2.05 bits per heavy atom. The zero-order valence-corrected chi connectivity index (χ0v) is 23.8. The molecule has 0 amide bonds. The van der Waals surface area contributed by atoms with Crippen molar-refractivity contribution >= 4 is 35.4 Å². The molecule has 0 bridgehead atoms. The molecule has 2 saturated heterocycles. The lowest BCUT2D eigenvalue weighted by Gasteiger charge is -2.30. The van der Waals surface area contributed by atoms with Crippen molar-refractivity contribution in [2.45, 2.75) is 45.4 Å². The van der Waals surface area contributed by atoms with Crippen molar-refractivity contribution in [1.29, 1.82) is 0 Å². The largest absolute Gasteiger partial charge is 0.490 e. The molecule has 1 N–H and O–H groups in total. The fourth-order valence-electron chi connectivity index (χ4n) is 4.96. The molecular formula is C28H33N9O6. The highest BCUT2D eigenvalue weighted by molar-refractivity contribution is 5.81. The molecule has 0 spiro atoms. The maximum atomic E-state index is 11.5. The highest BCUT2D eigenvalue weighted by Gasteiger charge is 2.23. The van der Waals surface area contributed by atoms with Gasteiger partial charge < -0.3 is 19.3 Å². The van der Waals surface area contributed by atoms with E-state index < -0.39 is 21.2 Å². The summed E-state index contributed by atoms with van der Waals surface area (Å²) in [5.74, 6) is 2.02. The summed E-state index contributed by atoms with van der Waals surface area (Å²) < 4.78 is 11.5. The quantitative estimate of drug-likeness (QED) is 0.173. The first-order valence-corrected chi connectivity index (χ1v) is 14.3. The third-order valence-corrected chi connectivity index (χ3v) is 7.11. The van der Waals surface area contributed by atoms with Crippen molar-refractivity contribution in [3.8, 4) is 17.2 Å². The van der Waals surface area contributed by atoms with Gasteiger partial charge in [0.25, 0.3) is 5.69 Å². The molecule has 3 heterocycles. The molecule has 226 valence electrons. The number of ether oxygens (including phenoxy) is 2. The molecule has 2 aromatic carbocycles. The van der Waals surface area contributed by atoms with Gasteiger partial charge in [0.15, 0.2) is 11.5 Å². The number of aromatic nitrogens is 3. The van der Waals surface area contributed by atoms with E-state index in [0.29, 0.717) is 35.8 Å². The fourth-order valence-corrected chi connectivity index (χ4v) is 4.96. The SMILES string of the molecule is CCOc1cc(/C=N/Nc2nc(N3CCCCC3)nc(N3CCCCC3)n2)ccc1Oc1ccc([N+](=O)[O-])cc1[N+](=O)[O-]. The molecule has 0 atom stereocenters. The van der Waals surface area contributed by atoms with Crippen molar-refractivity contribution in [3.63, 3.8) is 0 Å². The standard InChI is InChI=1S/C28H33N9O6/c1-2-42-25-17-20(9-11-24(25)43-23-12-10-21(36(38)39)18-22(23)37(40)41)19-29-33-26-30-27(34-13-5-3-6-14-34)32-28(31-26)35-15-7-4-8-16-35/h9-12,17-19H,2-8,13-16H2,1H3,(H,30,31,32,33)/b29-19+. The lowest BCUT2D eigenvalue weighted by atomic mass is 10.1. The summed E-state index contributed by atoms with van der Waals surface area (Å²) in [6, 6.07) is 8.15. The summed E-state index contributed by atoms with van der Waals surface area (Å²) in [4.78, 5) is 39.6. The highest BCUT2D eigenvalue weighted by atomic mass is 16.6. The Morgan fingerprint density at radius 2 is 1.47 bits per heavy atom. The van der Waals surface area contributed by atoms with Crippen LogP contribution in [0.4, 0.5) is 29.2 Å². The van der Waals surface area contributed by atoms with Gasteiger partial charge >= 0.3 is 5.69 Å². The average molecular weight is 592 g/mol. The maximum absolute atomic E-state index is 11.5. The van der Waals surface area contributed by atoms with Gasteiger partial charge in [0, 0.05) is 32.2 Å². The number of rotatable bonds is 11. The number of hydrogen-bond donors (Lipinski definition) is 1. The number of piperidine rings is 2. The summed E-state index contributed by atoms with van der Waals surface area (Å²) in [6.45, 7) is 5.73. The molecule has 2 fully saturated rings. The molecule has 1 aromatic heterocycles. The van der Waals surface area contributed by atoms with Crippen LogP contribution in [-0.2, 0) is 0 Å². The predicted octanol–water partition coefficient (Wildman–Crippen LogP) is 5.31. The normalized spacial score (nSPS) is 15.4. The van der Waals surface area contributed by atoms with Crippen LogP contribution in [0.25, 0.3) is 0 Å². The monoisotopic (exact) mass is 591 g/mol. The fraction of sp³-hybridized carbons (Fsp3) is 0.429. The van der Waals surface area contributed by atoms with Crippen molar-refractivity contribution in [3.05, 3.63) is 62.2 Å². The second-order valence-electron chi connectivity index (χ2n) is 10.1. The van der Waals surface area contributed by atoms with Crippen LogP contribution >= 0.6 is 0 Å². The minimum Gasteiger partial charge on any atom is -0.490 e. The molecule has 2 aliphatic rings. The Balaban J connectivity index is 1.35. The maximum Gasteiger partial charge on any atom is 0.318 e. The van der Waals surface area contributed by atoms with Crippen molar-refractivity contribution in [2.24, 2.45) is 5.10 Å². The molecule has 5 rings (SSSR count). The van der Waals surface area contributed by atoms with E-state index in [1.807, 2.05) is 0 Å². The molecule has 0 unspecified atom stereocenters. The van der Waals surface area contributed by atoms with E-state index in [9.17, 15) is 20.2 Å². The molecule has 15 nitrogen and oxygen atoms in total. The van der Waals surface area contributed by atoms with Crippen LogP contribution in [0, 0.1) is 20.2 Å². The number of nitrogens with one attached hydrogen (secondary N) is 1. The van der Waals surface area contributed by atoms with Crippen LogP contribution in [0.5, 0.6) is 17.2 Å². The molecule has 0 aliphatic carbocycles. The molecule has 43 heavy (non-hydrogen) atoms. The van der Waals surface area contributed by atoms with E-state index in [0.717, 1.165) is 64.0 Å². The Hall–Kier alpha value is -5.08. The molecule has 2 aliphatic heterocycles. The number of benzene rings is 2. The van der Waals surface area contributed by atoms with E-state index >= 15 is 0 Å². The number of hydrazone groups is 1. The average Bonchev–Trinajstić information content (AvgIpc) is 3.03. The first kappa shape index (κ1) is 29.4. The van der Waals surface area contributed by atoms with Crippen LogP contribution < -0.4 is 24.7 Å². The Kier molecular flexibility index (Phi) is 9.39.